The molecule has 4 rings (SSSR count). The van der Waals surface area contributed by atoms with Gasteiger partial charge in [-0.25, -0.2) is 4.79 Å². The van der Waals surface area contributed by atoms with Crippen LogP contribution in [0.2, 0.25) is 0 Å². The Hall–Kier alpha value is -5.65. The highest BCUT2D eigenvalue weighted by Gasteiger charge is 2.35. The van der Waals surface area contributed by atoms with Crippen LogP contribution in [0.25, 0.3) is 0 Å². The Kier molecular flexibility index (Phi) is 14.6. The van der Waals surface area contributed by atoms with E-state index >= 15 is 0 Å². The lowest BCUT2D eigenvalue weighted by atomic mass is 9.97. The SMILES string of the molecule is CCCCCCCOc1ccc(C(=O)Oc2ccc(CN(CC(=O)O)C(=O)c3ccc(CCC(=O)c4ccc(OC)cc4C(F)(F)F)cc3)cc2)cc1. The van der Waals surface area contributed by atoms with Gasteiger partial charge in [0.25, 0.3) is 5.91 Å². The third-order valence-electron chi connectivity index (χ3n) is 8.40. The molecule has 4 aromatic carbocycles. The number of alkyl halides is 3. The molecule has 9 nitrogen and oxygen atoms in total. The van der Waals surface area contributed by atoms with E-state index in [-0.39, 0.29) is 36.4 Å². The molecule has 0 aromatic heterocycles. The molecular formula is C41H42F3NO8. The molecular weight excluding hydrogens is 691 g/mol. The second-order valence-electron chi connectivity index (χ2n) is 12.4. The molecule has 12 heteroatoms. The van der Waals surface area contributed by atoms with Gasteiger partial charge in [-0.05, 0) is 90.7 Å². The van der Waals surface area contributed by atoms with Crippen LogP contribution in [0.3, 0.4) is 0 Å². The largest absolute Gasteiger partial charge is 0.497 e. The number of ketones is 1. The van der Waals surface area contributed by atoms with Gasteiger partial charge in [-0.3, -0.25) is 14.4 Å². The van der Waals surface area contributed by atoms with Gasteiger partial charge >= 0.3 is 18.1 Å². The maximum Gasteiger partial charge on any atom is 0.417 e. The van der Waals surface area contributed by atoms with Gasteiger partial charge in [0.1, 0.15) is 23.8 Å². The lowest BCUT2D eigenvalue weighted by Crippen LogP contribution is -2.35. The van der Waals surface area contributed by atoms with E-state index in [1.807, 2.05) is 0 Å². The second-order valence-corrected chi connectivity index (χ2v) is 12.4. The highest BCUT2D eigenvalue weighted by Crippen LogP contribution is 2.35. The number of benzene rings is 4. The standard InChI is InChI=1S/C41H42F3NO8/c1-3-4-5-6-7-24-52-32-19-15-31(16-20-32)40(50)53-33-17-10-29(11-18-33)26-45(27-38(47)48)39(49)30-13-8-28(9-14-30)12-23-37(46)35-22-21-34(51-2)25-36(35)41(42,43)44/h8-11,13-22,25H,3-7,12,23-24,26-27H2,1-2H3,(H,47,48). The topological polar surface area (TPSA) is 119 Å². The first-order chi connectivity index (χ1) is 25.4. The second kappa shape index (κ2) is 19.3. The highest BCUT2D eigenvalue weighted by molar-refractivity contribution is 5.98. The van der Waals surface area contributed by atoms with Crippen molar-refractivity contribution < 1.29 is 51.7 Å². The van der Waals surface area contributed by atoms with E-state index in [4.69, 9.17) is 14.2 Å². The number of rotatable bonds is 19. The summed E-state index contributed by atoms with van der Waals surface area (Å²) in [6.45, 7) is 2.13. The molecule has 0 atom stereocenters. The number of carbonyl (C=O) groups is 4. The molecule has 280 valence electrons. The number of carboxylic acid groups (broad SMARTS) is 1. The van der Waals surface area contributed by atoms with Gasteiger partial charge in [-0.1, -0.05) is 56.9 Å². The minimum absolute atomic E-state index is 0.0177. The van der Waals surface area contributed by atoms with Crippen LogP contribution < -0.4 is 14.2 Å². The monoisotopic (exact) mass is 733 g/mol. The number of Topliss-reactive ketones (excluding diaryl/α,β-unsaturated/α-hetero) is 1. The van der Waals surface area contributed by atoms with Crippen molar-refractivity contribution in [1.29, 1.82) is 0 Å². The van der Waals surface area contributed by atoms with Crippen LogP contribution in [0.5, 0.6) is 17.2 Å². The number of amides is 1. The van der Waals surface area contributed by atoms with Crippen molar-refractivity contribution in [1.82, 2.24) is 4.90 Å². The minimum Gasteiger partial charge on any atom is -0.497 e. The molecule has 1 N–H and O–H groups in total. The maximum atomic E-state index is 13.6. The number of carbonyl (C=O) groups excluding carboxylic acids is 3. The van der Waals surface area contributed by atoms with Gasteiger partial charge in [0.2, 0.25) is 0 Å². The first kappa shape index (κ1) is 40.1. The normalized spacial score (nSPS) is 11.1. The third kappa shape index (κ3) is 12.2. The summed E-state index contributed by atoms with van der Waals surface area (Å²) in [5.74, 6) is -2.14. The molecule has 0 heterocycles. The number of ether oxygens (including phenoxy) is 3. The van der Waals surface area contributed by atoms with Gasteiger partial charge in [0.05, 0.1) is 24.8 Å². The molecule has 0 bridgehead atoms. The Morgan fingerprint density at radius 3 is 1.96 bits per heavy atom. The molecule has 0 aliphatic rings. The fourth-order valence-electron chi connectivity index (χ4n) is 5.51. The number of halogens is 3. The van der Waals surface area contributed by atoms with E-state index in [0.29, 0.717) is 29.0 Å². The number of nitrogens with zero attached hydrogens (tertiary/aromatic N) is 1. The van der Waals surface area contributed by atoms with Crippen molar-refractivity contribution >= 4 is 23.6 Å². The molecule has 0 fully saturated rings. The quantitative estimate of drug-likeness (QED) is 0.0440. The van der Waals surface area contributed by atoms with Gasteiger partial charge in [0, 0.05) is 24.1 Å². The Bertz CT molecular complexity index is 1840. The van der Waals surface area contributed by atoms with Gasteiger partial charge < -0.3 is 24.2 Å². The first-order valence-electron chi connectivity index (χ1n) is 17.3. The average Bonchev–Trinajstić information content (AvgIpc) is 3.15. The Morgan fingerprint density at radius 2 is 1.34 bits per heavy atom. The lowest BCUT2D eigenvalue weighted by Gasteiger charge is -2.21. The molecule has 0 aliphatic heterocycles. The highest BCUT2D eigenvalue weighted by atomic mass is 19.4. The summed E-state index contributed by atoms with van der Waals surface area (Å²) in [5, 5.41) is 9.50. The first-order valence-corrected chi connectivity index (χ1v) is 17.3. The lowest BCUT2D eigenvalue weighted by molar-refractivity contribution is -0.138. The van der Waals surface area contributed by atoms with Crippen molar-refractivity contribution in [3.05, 3.63) is 124 Å². The number of aliphatic carboxylic acids is 1. The number of aryl methyl sites for hydroxylation is 1. The van der Waals surface area contributed by atoms with Gasteiger partial charge in [0.15, 0.2) is 5.78 Å². The van der Waals surface area contributed by atoms with Crippen molar-refractivity contribution in [3.8, 4) is 17.2 Å². The Labute approximate surface area is 306 Å². The summed E-state index contributed by atoms with van der Waals surface area (Å²) < 4.78 is 56.8. The van der Waals surface area contributed by atoms with Crippen LogP contribution in [-0.4, -0.2) is 53.9 Å². The summed E-state index contributed by atoms with van der Waals surface area (Å²) in [6, 6.07) is 22.3. The molecule has 0 unspecified atom stereocenters. The number of unbranched alkanes of at least 4 members (excludes halogenated alkanes) is 4. The Balaban J connectivity index is 1.32. The smallest absolute Gasteiger partial charge is 0.417 e. The Morgan fingerprint density at radius 1 is 0.736 bits per heavy atom. The molecule has 53 heavy (non-hydrogen) atoms. The number of methoxy groups -OCH3 is 1. The van der Waals surface area contributed by atoms with Crippen molar-refractivity contribution in [2.45, 2.75) is 64.6 Å². The minimum atomic E-state index is -4.74. The van der Waals surface area contributed by atoms with Crippen LogP contribution in [0.4, 0.5) is 13.2 Å². The van der Waals surface area contributed by atoms with Crippen molar-refractivity contribution in [2.24, 2.45) is 0 Å². The summed E-state index contributed by atoms with van der Waals surface area (Å²) >= 11 is 0. The fourth-order valence-corrected chi connectivity index (χ4v) is 5.51. The molecule has 0 radical (unpaired) electrons. The van der Waals surface area contributed by atoms with Crippen LogP contribution in [0.15, 0.2) is 91.0 Å². The van der Waals surface area contributed by atoms with E-state index in [1.165, 1.54) is 44.6 Å². The van der Waals surface area contributed by atoms with E-state index < -0.39 is 47.5 Å². The molecule has 0 saturated carbocycles. The zero-order valence-corrected chi connectivity index (χ0v) is 29.6. The average molecular weight is 734 g/mol. The van der Waals surface area contributed by atoms with Crippen molar-refractivity contribution in [2.75, 3.05) is 20.3 Å². The van der Waals surface area contributed by atoms with E-state index in [9.17, 15) is 37.5 Å². The zero-order chi connectivity index (χ0) is 38.4. The fraction of sp³-hybridized carbons (Fsp3) is 0.317. The number of hydrogen-bond donors (Lipinski definition) is 1. The van der Waals surface area contributed by atoms with E-state index in [1.54, 1.807) is 60.7 Å². The van der Waals surface area contributed by atoms with Gasteiger partial charge in [-0.2, -0.15) is 13.2 Å². The van der Waals surface area contributed by atoms with E-state index in [2.05, 4.69) is 6.92 Å². The number of hydrogen-bond acceptors (Lipinski definition) is 7. The zero-order valence-electron chi connectivity index (χ0n) is 29.6. The van der Waals surface area contributed by atoms with Crippen LogP contribution in [0, 0.1) is 0 Å². The number of carboxylic acids is 1. The summed E-state index contributed by atoms with van der Waals surface area (Å²) in [6.07, 6.45) is 0.823. The number of esters is 1. The molecule has 1 amide bonds. The summed E-state index contributed by atoms with van der Waals surface area (Å²) in [5.41, 5.74) is 0.178. The molecule has 0 saturated heterocycles. The molecule has 4 aromatic rings. The predicted molar refractivity (Wildman–Crippen MR) is 192 cm³/mol. The van der Waals surface area contributed by atoms with E-state index in [0.717, 1.165) is 29.9 Å². The van der Waals surface area contributed by atoms with Crippen LogP contribution in [-0.2, 0) is 23.9 Å². The summed E-state index contributed by atoms with van der Waals surface area (Å²) in [4.78, 5) is 51.6. The maximum absolute atomic E-state index is 13.6. The van der Waals surface area contributed by atoms with Crippen molar-refractivity contribution in [3.63, 3.8) is 0 Å². The molecule has 0 aliphatic carbocycles. The third-order valence-corrected chi connectivity index (χ3v) is 8.40. The van der Waals surface area contributed by atoms with Crippen LogP contribution >= 0.6 is 0 Å². The summed E-state index contributed by atoms with van der Waals surface area (Å²) in [7, 11) is 1.23. The molecule has 0 spiro atoms. The predicted octanol–water partition coefficient (Wildman–Crippen LogP) is 8.82. The van der Waals surface area contributed by atoms with Gasteiger partial charge in [-0.15, -0.1) is 0 Å². The van der Waals surface area contributed by atoms with Crippen LogP contribution in [0.1, 0.15) is 93.2 Å².